The van der Waals surface area contributed by atoms with Crippen LogP contribution in [-0.2, 0) is 13.1 Å². The number of unbranched alkanes of at least 4 members (excludes halogenated alkanes) is 2. The van der Waals surface area contributed by atoms with Crippen molar-refractivity contribution in [3.8, 4) is 0 Å². The maximum Gasteiger partial charge on any atom is 0.0220 e. The molecule has 1 aromatic heterocycles. The minimum absolute atomic E-state index is 1.01. The van der Waals surface area contributed by atoms with Gasteiger partial charge in [0.25, 0.3) is 0 Å². The summed E-state index contributed by atoms with van der Waals surface area (Å²) in [7, 11) is 0. The molecule has 0 unspecified atom stereocenters. The zero-order valence-electron chi connectivity index (χ0n) is 10.1. The molecular weight excluding hydrogens is 184 g/mol. The zero-order chi connectivity index (χ0) is 10.9. The largest absolute Gasteiger partial charge is 0.354 e. The molecule has 0 aliphatic carbocycles. The molecule has 0 saturated heterocycles. The van der Waals surface area contributed by atoms with E-state index in [1.165, 1.54) is 37.8 Å². The summed E-state index contributed by atoms with van der Waals surface area (Å²) in [5, 5.41) is 3.42. The highest BCUT2D eigenvalue weighted by molar-refractivity contribution is 5.09. The number of aryl methyl sites for hydroxylation is 1. The van der Waals surface area contributed by atoms with Gasteiger partial charge in [-0.2, -0.15) is 0 Å². The molecule has 1 N–H and O–H groups in total. The van der Waals surface area contributed by atoms with Crippen LogP contribution in [0.3, 0.4) is 0 Å². The first-order chi connectivity index (χ1) is 7.36. The molecular formula is C13H24N2. The zero-order valence-corrected chi connectivity index (χ0v) is 10.1. The molecule has 15 heavy (non-hydrogen) atoms. The van der Waals surface area contributed by atoms with Gasteiger partial charge in [0.2, 0.25) is 0 Å². The highest BCUT2D eigenvalue weighted by Gasteiger charge is 1.96. The maximum atomic E-state index is 3.42. The second-order valence-electron chi connectivity index (χ2n) is 4.14. The van der Waals surface area contributed by atoms with Crippen molar-refractivity contribution in [1.29, 1.82) is 0 Å². The predicted octanol–water partition coefficient (Wildman–Crippen LogP) is 3.18. The smallest absolute Gasteiger partial charge is 0.0220 e. The Morgan fingerprint density at radius 3 is 2.80 bits per heavy atom. The summed E-state index contributed by atoms with van der Waals surface area (Å²) in [6, 6.07) is 2.22. The van der Waals surface area contributed by atoms with Crippen molar-refractivity contribution in [2.45, 2.75) is 52.6 Å². The van der Waals surface area contributed by atoms with Gasteiger partial charge in [-0.05, 0) is 31.0 Å². The first kappa shape index (κ1) is 12.3. The Morgan fingerprint density at radius 1 is 1.20 bits per heavy atom. The molecule has 0 aromatic carbocycles. The first-order valence-electron chi connectivity index (χ1n) is 6.22. The Kier molecular flexibility index (Phi) is 6.17. The molecule has 2 nitrogen and oxygen atoms in total. The third-order valence-corrected chi connectivity index (χ3v) is 2.59. The van der Waals surface area contributed by atoms with Gasteiger partial charge in [0.05, 0.1) is 0 Å². The van der Waals surface area contributed by atoms with E-state index in [4.69, 9.17) is 0 Å². The van der Waals surface area contributed by atoms with Crippen molar-refractivity contribution in [3.63, 3.8) is 0 Å². The molecule has 0 fully saturated rings. The van der Waals surface area contributed by atoms with Crippen LogP contribution in [0.5, 0.6) is 0 Å². The van der Waals surface area contributed by atoms with E-state index in [9.17, 15) is 0 Å². The molecule has 0 atom stereocenters. The molecule has 0 amide bonds. The maximum absolute atomic E-state index is 3.42. The van der Waals surface area contributed by atoms with Gasteiger partial charge in [0.1, 0.15) is 0 Å². The van der Waals surface area contributed by atoms with Crippen molar-refractivity contribution in [1.82, 2.24) is 9.88 Å². The van der Waals surface area contributed by atoms with E-state index in [2.05, 4.69) is 42.2 Å². The number of nitrogens with zero attached hydrogens (tertiary/aromatic N) is 1. The first-order valence-corrected chi connectivity index (χ1v) is 6.22. The quantitative estimate of drug-likeness (QED) is 0.649. The van der Waals surface area contributed by atoms with E-state index in [1.807, 2.05) is 0 Å². The van der Waals surface area contributed by atoms with Crippen LogP contribution in [0.25, 0.3) is 0 Å². The third-order valence-electron chi connectivity index (χ3n) is 2.59. The Bertz CT molecular complexity index is 228. The fourth-order valence-corrected chi connectivity index (χ4v) is 1.69. The Hall–Kier alpha value is -0.760. The summed E-state index contributed by atoms with van der Waals surface area (Å²) in [5.41, 5.74) is 1.40. The van der Waals surface area contributed by atoms with Crippen LogP contribution in [0.2, 0.25) is 0 Å². The summed E-state index contributed by atoms with van der Waals surface area (Å²) in [5.74, 6) is 0. The summed E-state index contributed by atoms with van der Waals surface area (Å²) in [4.78, 5) is 0. The Labute approximate surface area is 93.7 Å². The van der Waals surface area contributed by atoms with Crippen molar-refractivity contribution in [2.24, 2.45) is 0 Å². The van der Waals surface area contributed by atoms with Crippen molar-refractivity contribution >= 4 is 0 Å². The van der Waals surface area contributed by atoms with Gasteiger partial charge in [-0.3, -0.25) is 0 Å². The van der Waals surface area contributed by atoms with E-state index in [0.717, 1.165) is 13.1 Å². The molecule has 0 aliphatic heterocycles. The van der Waals surface area contributed by atoms with Gasteiger partial charge in [-0.25, -0.2) is 0 Å². The molecule has 1 rings (SSSR count). The van der Waals surface area contributed by atoms with Crippen LogP contribution in [0.4, 0.5) is 0 Å². The van der Waals surface area contributed by atoms with Gasteiger partial charge < -0.3 is 9.88 Å². The molecule has 1 heterocycles. The molecule has 0 radical (unpaired) electrons. The number of nitrogens with one attached hydrogen (secondary N) is 1. The van der Waals surface area contributed by atoms with Crippen molar-refractivity contribution in [2.75, 3.05) is 6.54 Å². The van der Waals surface area contributed by atoms with E-state index in [0.29, 0.717) is 0 Å². The van der Waals surface area contributed by atoms with Gasteiger partial charge in [0, 0.05) is 25.5 Å². The lowest BCUT2D eigenvalue weighted by Crippen LogP contribution is -2.13. The van der Waals surface area contributed by atoms with E-state index >= 15 is 0 Å². The fourth-order valence-electron chi connectivity index (χ4n) is 1.69. The Morgan fingerprint density at radius 2 is 2.07 bits per heavy atom. The topological polar surface area (TPSA) is 17.0 Å². The summed E-state index contributed by atoms with van der Waals surface area (Å²) in [6.45, 7) is 7.73. The van der Waals surface area contributed by atoms with Crippen LogP contribution >= 0.6 is 0 Å². The fraction of sp³-hybridized carbons (Fsp3) is 0.692. The molecule has 0 saturated carbocycles. The molecule has 0 spiro atoms. The molecule has 0 bridgehead atoms. The van der Waals surface area contributed by atoms with Crippen molar-refractivity contribution < 1.29 is 0 Å². The number of hydrogen-bond donors (Lipinski definition) is 1. The minimum Gasteiger partial charge on any atom is -0.354 e. The average Bonchev–Trinajstić information content (AvgIpc) is 2.67. The molecule has 0 aliphatic rings. The van der Waals surface area contributed by atoms with Crippen LogP contribution in [0.15, 0.2) is 18.5 Å². The Balaban J connectivity index is 2.23. The van der Waals surface area contributed by atoms with Crippen LogP contribution < -0.4 is 5.32 Å². The van der Waals surface area contributed by atoms with Gasteiger partial charge in [-0.15, -0.1) is 0 Å². The van der Waals surface area contributed by atoms with E-state index in [-0.39, 0.29) is 0 Å². The van der Waals surface area contributed by atoms with Crippen molar-refractivity contribution in [3.05, 3.63) is 24.0 Å². The van der Waals surface area contributed by atoms with Gasteiger partial charge >= 0.3 is 0 Å². The normalized spacial score (nSPS) is 10.8. The average molecular weight is 208 g/mol. The molecule has 1 aromatic rings. The van der Waals surface area contributed by atoms with Crippen LogP contribution in [0, 0.1) is 0 Å². The van der Waals surface area contributed by atoms with E-state index in [1.54, 1.807) is 0 Å². The lowest BCUT2D eigenvalue weighted by atomic mass is 10.2. The summed E-state index contributed by atoms with van der Waals surface area (Å²) in [6.07, 6.45) is 9.59. The van der Waals surface area contributed by atoms with E-state index < -0.39 is 0 Å². The van der Waals surface area contributed by atoms with Gasteiger partial charge in [0.15, 0.2) is 0 Å². The predicted molar refractivity (Wildman–Crippen MR) is 66.0 cm³/mol. The number of aromatic nitrogens is 1. The van der Waals surface area contributed by atoms with Crippen LogP contribution in [-0.4, -0.2) is 11.1 Å². The van der Waals surface area contributed by atoms with Crippen LogP contribution in [0.1, 0.15) is 45.1 Å². The standard InChI is InChI=1S/C13H24N2/c1-3-5-6-9-15-10-7-13(12-15)11-14-8-4-2/h7,10,12,14H,3-6,8-9,11H2,1-2H3. The number of hydrogen-bond acceptors (Lipinski definition) is 1. The highest BCUT2D eigenvalue weighted by atomic mass is 14.9. The SMILES string of the molecule is CCCCCn1ccc(CNCCC)c1. The lowest BCUT2D eigenvalue weighted by Gasteiger charge is -2.02. The summed E-state index contributed by atoms with van der Waals surface area (Å²) >= 11 is 0. The third kappa shape index (κ3) is 5.03. The monoisotopic (exact) mass is 208 g/mol. The number of rotatable bonds is 8. The summed E-state index contributed by atoms with van der Waals surface area (Å²) < 4.78 is 2.30. The second kappa shape index (κ2) is 7.52. The van der Waals surface area contributed by atoms with Gasteiger partial charge in [-0.1, -0.05) is 26.7 Å². The second-order valence-corrected chi connectivity index (χ2v) is 4.14. The molecule has 86 valence electrons. The minimum atomic E-state index is 1.01. The molecule has 2 heteroatoms. The highest BCUT2D eigenvalue weighted by Crippen LogP contribution is 2.04. The lowest BCUT2D eigenvalue weighted by molar-refractivity contribution is 0.602.